The summed E-state index contributed by atoms with van der Waals surface area (Å²) in [5.41, 5.74) is -0.0588. The largest absolute Gasteiger partial charge is 0.462 e. The fraction of sp³-hybridized carbons (Fsp3) is 0.818. The van der Waals surface area contributed by atoms with Crippen molar-refractivity contribution < 1.29 is 33.4 Å². The van der Waals surface area contributed by atoms with Crippen molar-refractivity contribution in [3.8, 4) is 0 Å². The molecule has 0 aliphatic heterocycles. The quantitative estimate of drug-likeness (QED) is 0.288. The van der Waals surface area contributed by atoms with Crippen LogP contribution in [0.3, 0.4) is 0 Å². The van der Waals surface area contributed by atoms with Crippen molar-refractivity contribution >= 4 is 23.8 Å². The van der Waals surface area contributed by atoms with Gasteiger partial charge >= 0.3 is 18.0 Å². The molecule has 4 aliphatic rings. The molecule has 4 aliphatic carbocycles. The molecule has 1 amide bonds. The summed E-state index contributed by atoms with van der Waals surface area (Å²) < 4.78 is 17.0. The summed E-state index contributed by atoms with van der Waals surface area (Å²) in [4.78, 5) is 50.6. The molecule has 0 heterocycles. The number of rotatable bonds is 6. The van der Waals surface area contributed by atoms with Crippen molar-refractivity contribution in [3.63, 3.8) is 0 Å². The summed E-state index contributed by atoms with van der Waals surface area (Å²) in [5.74, 6) is 0.980. The van der Waals surface area contributed by atoms with Gasteiger partial charge < -0.3 is 19.5 Å². The lowest BCUT2D eigenvalue weighted by molar-refractivity contribution is -0.161. The zero-order valence-electron chi connectivity index (χ0n) is 26.4. The van der Waals surface area contributed by atoms with Gasteiger partial charge in [0.1, 0.15) is 23.3 Å². The van der Waals surface area contributed by atoms with E-state index in [1.807, 2.05) is 6.08 Å². The molecule has 41 heavy (non-hydrogen) atoms. The first-order valence-corrected chi connectivity index (χ1v) is 15.6. The first kappa shape index (κ1) is 31.6. The van der Waals surface area contributed by atoms with Crippen molar-refractivity contribution in [2.75, 3.05) is 0 Å². The molecular formula is C33H51NO7. The number of ether oxygens (including phenoxy) is 3. The molecule has 0 aromatic carbocycles. The van der Waals surface area contributed by atoms with Crippen LogP contribution in [0.1, 0.15) is 120 Å². The summed E-state index contributed by atoms with van der Waals surface area (Å²) >= 11 is 0. The molecule has 8 heteroatoms. The number of nitrogens with one attached hydrogen (secondary N) is 1. The Morgan fingerprint density at radius 1 is 0.927 bits per heavy atom. The minimum absolute atomic E-state index is 0.0107. The highest BCUT2D eigenvalue weighted by atomic mass is 16.6. The lowest BCUT2D eigenvalue weighted by Gasteiger charge is -2.57. The van der Waals surface area contributed by atoms with Gasteiger partial charge in [0, 0.05) is 18.3 Å². The van der Waals surface area contributed by atoms with Crippen LogP contribution in [0.4, 0.5) is 4.79 Å². The van der Waals surface area contributed by atoms with Gasteiger partial charge in [0.25, 0.3) is 0 Å². The molecule has 8 nitrogen and oxygen atoms in total. The maximum Gasteiger partial charge on any atom is 0.408 e. The molecule has 3 fully saturated rings. The van der Waals surface area contributed by atoms with E-state index in [2.05, 4.69) is 19.2 Å². The van der Waals surface area contributed by atoms with Gasteiger partial charge in [-0.1, -0.05) is 19.4 Å². The van der Waals surface area contributed by atoms with Gasteiger partial charge in [0.15, 0.2) is 5.78 Å². The third-order valence-corrected chi connectivity index (χ3v) is 10.2. The van der Waals surface area contributed by atoms with Crippen LogP contribution in [-0.4, -0.2) is 47.2 Å². The predicted octanol–water partition coefficient (Wildman–Crippen LogP) is 6.45. The zero-order valence-corrected chi connectivity index (χ0v) is 26.4. The Balaban J connectivity index is 1.38. The van der Waals surface area contributed by atoms with E-state index in [-0.39, 0.29) is 41.5 Å². The highest BCUT2D eigenvalue weighted by Crippen LogP contribution is 2.65. The van der Waals surface area contributed by atoms with Crippen LogP contribution >= 0.6 is 0 Å². The van der Waals surface area contributed by atoms with E-state index in [4.69, 9.17) is 14.2 Å². The van der Waals surface area contributed by atoms with Crippen LogP contribution < -0.4 is 5.32 Å². The molecule has 0 spiro atoms. The molecule has 0 saturated heterocycles. The van der Waals surface area contributed by atoms with Crippen LogP contribution in [0, 0.1) is 28.6 Å². The monoisotopic (exact) mass is 573 g/mol. The maximum atomic E-state index is 13.1. The summed E-state index contributed by atoms with van der Waals surface area (Å²) in [5, 5.41) is 2.59. The first-order chi connectivity index (χ1) is 18.9. The maximum absolute atomic E-state index is 13.1. The van der Waals surface area contributed by atoms with E-state index in [1.165, 1.54) is 5.57 Å². The molecule has 1 N–H and O–H groups in total. The van der Waals surface area contributed by atoms with Crippen molar-refractivity contribution in [1.29, 1.82) is 0 Å². The fourth-order valence-corrected chi connectivity index (χ4v) is 8.26. The Kier molecular flexibility index (Phi) is 8.75. The number of esters is 2. The number of fused-ring (bicyclic) bond motifs is 5. The van der Waals surface area contributed by atoms with Gasteiger partial charge in [-0.2, -0.15) is 0 Å². The van der Waals surface area contributed by atoms with Gasteiger partial charge in [-0.3, -0.25) is 9.59 Å². The normalized spacial score (nSPS) is 33.9. The van der Waals surface area contributed by atoms with E-state index in [0.29, 0.717) is 24.2 Å². The lowest BCUT2D eigenvalue weighted by atomic mass is 9.47. The number of carbonyl (C=O) groups excluding carboxylic acids is 4. The standard InChI is InChI=1S/C33H51NO7/c1-30(2,3)40-28(37)25(34-29(38)41-31(4,5)6)12-14-27(36)39-26-13-11-23-22-10-9-20-19-21(35)15-17-32(20,7)24(22)16-18-33(23,26)8/h19,22-26H,9-18H2,1-8H3,(H,34,38)/t22-,23-,24-,25-,26-,32-,33-/m0/s1. The van der Waals surface area contributed by atoms with Crippen LogP contribution in [-0.2, 0) is 28.6 Å². The Bertz CT molecular complexity index is 1080. The second kappa shape index (κ2) is 11.4. The third kappa shape index (κ3) is 6.99. The third-order valence-electron chi connectivity index (χ3n) is 10.2. The average Bonchev–Trinajstić information content (AvgIpc) is 3.16. The smallest absolute Gasteiger partial charge is 0.408 e. The van der Waals surface area contributed by atoms with E-state index in [1.54, 1.807) is 41.5 Å². The van der Waals surface area contributed by atoms with Gasteiger partial charge in [-0.15, -0.1) is 0 Å². The Morgan fingerprint density at radius 2 is 1.61 bits per heavy atom. The minimum Gasteiger partial charge on any atom is -0.462 e. The van der Waals surface area contributed by atoms with Gasteiger partial charge in [0.05, 0.1) is 0 Å². The number of alkyl carbamates (subject to hydrolysis) is 1. The van der Waals surface area contributed by atoms with E-state index < -0.39 is 29.3 Å². The second-order valence-corrected chi connectivity index (χ2v) is 15.3. The Hall–Kier alpha value is -2.38. The highest BCUT2D eigenvalue weighted by molar-refractivity contribution is 5.91. The molecule has 230 valence electrons. The van der Waals surface area contributed by atoms with Crippen LogP contribution in [0.2, 0.25) is 0 Å². The molecule has 7 atom stereocenters. The molecule has 0 radical (unpaired) electrons. The van der Waals surface area contributed by atoms with Crippen molar-refractivity contribution in [2.45, 2.75) is 143 Å². The molecule has 0 unspecified atom stereocenters. The van der Waals surface area contributed by atoms with Crippen molar-refractivity contribution in [3.05, 3.63) is 11.6 Å². The summed E-state index contributed by atoms with van der Waals surface area (Å²) in [6.07, 6.45) is 8.81. The zero-order chi connectivity index (χ0) is 30.4. The number of hydrogen-bond acceptors (Lipinski definition) is 7. The Labute approximate surface area is 245 Å². The van der Waals surface area contributed by atoms with Crippen molar-refractivity contribution in [2.24, 2.45) is 28.6 Å². The summed E-state index contributed by atoms with van der Waals surface area (Å²) in [7, 11) is 0. The number of allylic oxidation sites excluding steroid dienone is 1. The topological polar surface area (TPSA) is 108 Å². The Morgan fingerprint density at radius 3 is 2.27 bits per heavy atom. The van der Waals surface area contributed by atoms with Gasteiger partial charge in [0.2, 0.25) is 0 Å². The van der Waals surface area contributed by atoms with E-state index in [9.17, 15) is 19.2 Å². The number of amides is 1. The van der Waals surface area contributed by atoms with Gasteiger partial charge in [-0.05, 0) is 122 Å². The van der Waals surface area contributed by atoms with Crippen LogP contribution in [0.5, 0.6) is 0 Å². The van der Waals surface area contributed by atoms with Crippen LogP contribution in [0.15, 0.2) is 11.6 Å². The molecular weight excluding hydrogens is 522 g/mol. The summed E-state index contributed by atoms with van der Waals surface area (Å²) in [6, 6.07) is -1.02. The minimum atomic E-state index is -1.02. The SMILES string of the molecule is CC(C)(C)OC(=O)N[C@@H](CCC(=O)O[C@H]1CC[C@H]2[C@@H]3CCC4=CC(=O)CC[C@]4(C)[C@H]3CC[C@]12C)C(=O)OC(C)(C)C. The number of hydrogen-bond donors (Lipinski definition) is 1. The molecule has 0 bridgehead atoms. The van der Waals surface area contributed by atoms with E-state index in [0.717, 1.165) is 44.9 Å². The van der Waals surface area contributed by atoms with Crippen molar-refractivity contribution in [1.82, 2.24) is 5.32 Å². The number of ketones is 1. The lowest BCUT2D eigenvalue weighted by Crippen LogP contribution is -2.51. The average molecular weight is 574 g/mol. The fourth-order valence-electron chi connectivity index (χ4n) is 8.26. The molecule has 0 aromatic rings. The predicted molar refractivity (Wildman–Crippen MR) is 155 cm³/mol. The highest BCUT2D eigenvalue weighted by Gasteiger charge is 2.60. The van der Waals surface area contributed by atoms with E-state index >= 15 is 0 Å². The number of carbonyl (C=O) groups is 4. The van der Waals surface area contributed by atoms with Gasteiger partial charge in [-0.25, -0.2) is 9.59 Å². The first-order valence-electron chi connectivity index (χ1n) is 15.6. The summed E-state index contributed by atoms with van der Waals surface area (Å²) in [6.45, 7) is 15.2. The molecule has 4 rings (SSSR count). The second-order valence-electron chi connectivity index (χ2n) is 15.3. The molecule has 0 aromatic heterocycles. The molecule has 3 saturated carbocycles. The van der Waals surface area contributed by atoms with Crippen LogP contribution in [0.25, 0.3) is 0 Å².